The van der Waals surface area contributed by atoms with Gasteiger partial charge in [-0.1, -0.05) is 41.9 Å². The van der Waals surface area contributed by atoms with E-state index in [1.807, 2.05) is 24.3 Å². The first-order chi connectivity index (χ1) is 8.93. The second-order valence-electron chi connectivity index (χ2n) is 5.15. The van der Waals surface area contributed by atoms with Gasteiger partial charge in [-0.25, -0.2) is 0 Å². The first kappa shape index (κ1) is 16.2. The van der Waals surface area contributed by atoms with Crippen LogP contribution in [0.4, 0.5) is 0 Å². The molecule has 0 bridgehead atoms. The largest absolute Gasteiger partial charge is 0.468 e. The number of hydrogen-bond acceptors (Lipinski definition) is 3. The number of rotatable bonds is 6. The van der Waals surface area contributed by atoms with Gasteiger partial charge in [0.15, 0.2) is 0 Å². The molecular weight excluding hydrogens is 306 g/mol. The van der Waals surface area contributed by atoms with E-state index in [2.05, 4.69) is 42.0 Å². The predicted octanol–water partition coefficient (Wildman–Crippen LogP) is 3.69. The Balaban J connectivity index is 2.72. The highest BCUT2D eigenvalue weighted by molar-refractivity contribution is 9.10. The van der Waals surface area contributed by atoms with E-state index in [1.165, 1.54) is 7.11 Å². The lowest BCUT2D eigenvalue weighted by Crippen LogP contribution is -2.40. The molecular formula is C15H22BrNO2. The van der Waals surface area contributed by atoms with Crippen LogP contribution in [-0.4, -0.2) is 19.1 Å². The van der Waals surface area contributed by atoms with Crippen LogP contribution >= 0.6 is 15.9 Å². The zero-order chi connectivity index (χ0) is 14.4. The third-order valence-corrected chi connectivity index (χ3v) is 3.54. The molecule has 0 heterocycles. The van der Waals surface area contributed by atoms with Crippen molar-refractivity contribution in [1.29, 1.82) is 0 Å². The average Bonchev–Trinajstić information content (AvgIpc) is 2.37. The van der Waals surface area contributed by atoms with Crippen LogP contribution in [-0.2, 0) is 9.53 Å². The van der Waals surface area contributed by atoms with Gasteiger partial charge in [-0.3, -0.25) is 10.1 Å². The Labute approximate surface area is 123 Å². The monoisotopic (exact) mass is 327 g/mol. The minimum absolute atomic E-state index is 0.107. The summed E-state index contributed by atoms with van der Waals surface area (Å²) in [6.07, 6.45) is 0.771. The molecule has 0 saturated heterocycles. The van der Waals surface area contributed by atoms with E-state index in [0.717, 1.165) is 16.5 Å². The lowest BCUT2D eigenvalue weighted by Gasteiger charge is -2.23. The van der Waals surface area contributed by atoms with E-state index >= 15 is 0 Å². The number of methoxy groups -OCH3 is 1. The second-order valence-corrected chi connectivity index (χ2v) is 6.06. The number of nitrogens with one attached hydrogen (secondary N) is 1. The maximum atomic E-state index is 11.8. The van der Waals surface area contributed by atoms with Gasteiger partial charge in [0.1, 0.15) is 6.04 Å². The Morgan fingerprint density at radius 2 is 1.84 bits per heavy atom. The molecule has 0 amide bonds. The Bertz CT molecular complexity index is 403. The Morgan fingerprint density at radius 3 is 2.32 bits per heavy atom. The molecule has 1 N–H and O–H groups in total. The molecule has 0 spiro atoms. The van der Waals surface area contributed by atoms with Gasteiger partial charge >= 0.3 is 5.97 Å². The van der Waals surface area contributed by atoms with Gasteiger partial charge < -0.3 is 4.74 Å². The summed E-state index contributed by atoms with van der Waals surface area (Å²) in [5, 5.41) is 3.34. The molecule has 0 aromatic heterocycles. The van der Waals surface area contributed by atoms with Crippen LogP contribution in [0, 0.1) is 5.92 Å². The van der Waals surface area contributed by atoms with Gasteiger partial charge in [0, 0.05) is 10.5 Å². The van der Waals surface area contributed by atoms with E-state index in [0.29, 0.717) is 5.92 Å². The fourth-order valence-electron chi connectivity index (χ4n) is 2.00. The van der Waals surface area contributed by atoms with E-state index in [-0.39, 0.29) is 18.1 Å². The molecule has 4 heteroatoms. The average molecular weight is 328 g/mol. The van der Waals surface area contributed by atoms with Crippen molar-refractivity contribution < 1.29 is 9.53 Å². The van der Waals surface area contributed by atoms with Crippen molar-refractivity contribution in [3.05, 3.63) is 34.3 Å². The second kappa shape index (κ2) is 7.65. The fraction of sp³-hybridized carbons (Fsp3) is 0.533. The summed E-state index contributed by atoms with van der Waals surface area (Å²) in [7, 11) is 1.43. The first-order valence-electron chi connectivity index (χ1n) is 6.53. The summed E-state index contributed by atoms with van der Waals surface area (Å²) in [4.78, 5) is 11.8. The van der Waals surface area contributed by atoms with E-state index in [1.54, 1.807) is 0 Å². The molecule has 3 nitrogen and oxygen atoms in total. The van der Waals surface area contributed by atoms with Crippen LogP contribution < -0.4 is 5.32 Å². The third-order valence-electron chi connectivity index (χ3n) is 3.01. The van der Waals surface area contributed by atoms with Crippen LogP contribution in [0.1, 0.15) is 38.8 Å². The molecule has 1 aromatic carbocycles. The molecule has 106 valence electrons. The normalized spacial score (nSPS) is 14.2. The lowest BCUT2D eigenvalue weighted by atomic mass is 10.0. The van der Waals surface area contributed by atoms with Crippen LogP contribution in [0.15, 0.2) is 28.7 Å². The number of benzene rings is 1. The molecule has 0 aliphatic heterocycles. The maximum Gasteiger partial charge on any atom is 0.322 e. The quantitative estimate of drug-likeness (QED) is 0.810. The van der Waals surface area contributed by atoms with Gasteiger partial charge in [-0.2, -0.15) is 0 Å². The molecule has 1 rings (SSSR count). The van der Waals surface area contributed by atoms with Crippen molar-refractivity contribution in [3.63, 3.8) is 0 Å². The number of ether oxygens (including phenoxy) is 1. The van der Waals surface area contributed by atoms with Gasteiger partial charge in [-0.15, -0.1) is 0 Å². The molecule has 0 aliphatic carbocycles. The summed E-state index contributed by atoms with van der Waals surface area (Å²) in [5.41, 5.74) is 1.15. The summed E-state index contributed by atoms with van der Waals surface area (Å²) in [6.45, 7) is 6.25. The molecule has 0 saturated carbocycles. The minimum atomic E-state index is -0.261. The van der Waals surface area contributed by atoms with Crippen molar-refractivity contribution in [2.45, 2.75) is 39.3 Å². The number of carbonyl (C=O) groups excluding carboxylic acids is 1. The highest BCUT2D eigenvalue weighted by Gasteiger charge is 2.22. The maximum absolute atomic E-state index is 11.8. The van der Waals surface area contributed by atoms with Crippen molar-refractivity contribution in [1.82, 2.24) is 5.32 Å². The van der Waals surface area contributed by atoms with Gasteiger partial charge in [0.05, 0.1) is 7.11 Å². The van der Waals surface area contributed by atoms with E-state index in [4.69, 9.17) is 4.74 Å². The van der Waals surface area contributed by atoms with Crippen molar-refractivity contribution in [3.8, 4) is 0 Å². The number of carbonyl (C=O) groups is 1. The first-order valence-corrected chi connectivity index (χ1v) is 7.32. The lowest BCUT2D eigenvalue weighted by molar-refractivity contribution is -0.143. The highest BCUT2D eigenvalue weighted by Crippen LogP contribution is 2.18. The summed E-state index contributed by atoms with van der Waals surface area (Å²) < 4.78 is 5.91. The molecule has 2 unspecified atom stereocenters. The Morgan fingerprint density at radius 1 is 1.26 bits per heavy atom. The zero-order valence-electron chi connectivity index (χ0n) is 11.9. The van der Waals surface area contributed by atoms with Crippen LogP contribution in [0.5, 0.6) is 0 Å². The minimum Gasteiger partial charge on any atom is -0.468 e. The van der Waals surface area contributed by atoms with E-state index in [9.17, 15) is 4.79 Å². The number of halogens is 1. The SMILES string of the molecule is COC(=O)C(CC(C)C)NC(C)c1ccc(Br)cc1. The molecule has 1 aromatic rings. The van der Waals surface area contributed by atoms with Crippen molar-refractivity contribution in [2.24, 2.45) is 5.92 Å². The fourth-order valence-corrected chi connectivity index (χ4v) is 2.26. The smallest absolute Gasteiger partial charge is 0.322 e. The number of esters is 1. The Hall–Kier alpha value is -0.870. The number of hydrogen-bond donors (Lipinski definition) is 1. The van der Waals surface area contributed by atoms with Gasteiger partial charge in [0.2, 0.25) is 0 Å². The van der Waals surface area contributed by atoms with Crippen LogP contribution in [0.2, 0.25) is 0 Å². The van der Waals surface area contributed by atoms with Crippen molar-refractivity contribution >= 4 is 21.9 Å². The van der Waals surface area contributed by atoms with Crippen LogP contribution in [0.3, 0.4) is 0 Å². The highest BCUT2D eigenvalue weighted by atomic mass is 79.9. The summed E-state index contributed by atoms with van der Waals surface area (Å²) in [5.74, 6) is 0.242. The summed E-state index contributed by atoms with van der Waals surface area (Å²) in [6, 6.07) is 7.95. The molecule has 19 heavy (non-hydrogen) atoms. The topological polar surface area (TPSA) is 38.3 Å². The van der Waals surface area contributed by atoms with Gasteiger partial charge in [-0.05, 0) is 37.0 Å². The standard InChI is InChI=1S/C15H22BrNO2/c1-10(2)9-14(15(18)19-4)17-11(3)12-5-7-13(16)8-6-12/h5-8,10-11,14,17H,9H2,1-4H3. The molecule has 0 aliphatic rings. The molecule has 2 atom stereocenters. The zero-order valence-corrected chi connectivity index (χ0v) is 13.5. The van der Waals surface area contributed by atoms with E-state index < -0.39 is 0 Å². The Kier molecular flexibility index (Phi) is 6.52. The van der Waals surface area contributed by atoms with Crippen molar-refractivity contribution in [2.75, 3.05) is 7.11 Å². The van der Waals surface area contributed by atoms with Crippen LogP contribution in [0.25, 0.3) is 0 Å². The van der Waals surface area contributed by atoms with Gasteiger partial charge in [0.25, 0.3) is 0 Å². The predicted molar refractivity (Wildman–Crippen MR) is 81.0 cm³/mol. The molecule has 0 radical (unpaired) electrons. The summed E-state index contributed by atoms with van der Waals surface area (Å²) >= 11 is 3.42. The third kappa shape index (κ3) is 5.33. The molecule has 0 fully saturated rings.